The molecule has 0 aliphatic carbocycles. The minimum Gasteiger partial charge on any atom is -0.394 e. The summed E-state index contributed by atoms with van der Waals surface area (Å²) in [6.45, 7) is -1.02. The predicted octanol–water partition coefficient (Wildman–Crippen LogP) is -1.91. The Morgan fingerprint density at radius 2 is 1.02 bits per heavy atom. The van der Waals surface area contributed by atoms with Crippen LogP contribution >= 0.6 is 31.3 Å². The van der Waals surface area contributed by atoms with E-state index < -0.39 is 179 Å². The SMILES string of the molecule is Cc1cn([C@H]2C[C@H](OP(=O)(O)OC[C@H]3O[C@@H](n4ccc(N)nc4=O)C[C@@H]3OP(=O)(O)O)[C@@H](COP(=O)(O)O[C@H]3C[C@H](n4cc(C)c(=O)[nH]c4=O)O[C@@H]3COP(=O)(O)O[C@H]3C[C@H](n4cnc5c(N)ncnc54)O[C@@H]3CO)O2)c(=O)[nH]c1=O. The summed E-state index contributed by atoms with van der Waals surface area (Å²) in [5, 5.41) is 10.1. The molecule has 42 heteroatoms. The second-order valence-electron chi connectivity index (χ2n) is 18.6. The maximum atomic E-state index is 13.9. The number of nitrogens with two attached hydrogens (primary N) is 2. The lowest BCUT2D eigenvalue weighted by Gasteiger charge is -2.25. The van der Waals surface area contributed by atoms with Crippen LogP contribution in [-0.4, -0.2) is 153 Å². The van der Waals surface area contributed by atoms with Crippen LogP contribution in [0.1, 0.15) is 61.7 Å². The summed E-state index contributed by atoms with van der Waals surface area (Å²) in [5.41, 5.74) is 7.51. The van der Waals surface area contributed by atoms with Gasteiger partial charge in [0.1, 0.15) is 91.4 Å². The summed E-state index contributed by atoms with van der Waals surface area (Å²) >= 11 is 0. The number of hydrogen-bond acceptors (Lipinski definition) is 27. The second kappa shape index (κ2) is 23.7. The van der Waals surface area contributed by atoms with Gasteiger partial charge in [-0.25, -0.2) is 47.6 Å². The zero-order chi connectivity index (χ0) is 58.5. The summed E-state index contributed by atoms with van der Waals surface area (Å²) in [7, 11) is -21.3. The van der Waals surface area contributed by atoms with E-state index in [0.717, 1.165) is 26.1 Å². The fourth-order valence-electron chi connectivity index (χ4n) is 9.15. The molecular weight excluding hydrogens is 1180 g/mol. The number of aliphatic hydroxyl groups excluding tert-OH is 1. The molecule has 3 unspecified atom stereocenters. The first-order valence-electron chi connectivity index (χ1n) is 23.9. The number of nitrogen functional groups attached to an aromatic ring is 2. The van der Waals surface area contributed by atoms with E-state index in [1.807, 2.05) is 0 Å². The Kier molecular flexibility index (Phi) is 17.6. The van der Waals surface area contributed by atoms with Crippen molar-refractivity contribution in [2.24, 2.45) is 0 Å². The predicted molar refractivity (Wildman–Crippen MR) is 265 cm³/mol. The Balaban J connectivity index is 0.897. The number of imidazole rings is 1. The molecule has 38 nitrogen and oxygen atoms in total. The van der Waals surface area contributed by atoms with E-state index in [4.69, 9.17) is 62.1 Å². The summed E-state index contributed by atoms with van der Waals surface area (Å²) in [4.78, 5) is 135. The highest BCUT2D eigenvalue weighted by Gasteiger charge is 2.49. The van der Waals surface area contributed by atoms with Crippen molar-refractivity contribution in [3.05, 3.63) is 101 Å². The van der Waals surface area contributed by atoms with E-state index in [-0.39, 0.29) is 40.3 Å². The van der Waals surface area contributed by atoms with E-state index in [1.54, 1.807) is 0 Å². The first-order chi connectivity index (χ1) is 38.0. The van der Waals surface area contributed by atoms with Crippen LogP contribution in [0.5, 0.6) is 0 Å². The highest BCUT2D eigenvalue weighted by atomic mass is 31.2. The number of aryl methyl sites for hydroxylation is 2. The minimum atomic E-state index is -5.47. The van der Waals surface area contributed by atoms with Gasteiger partial charge in [0.15, 0.2) is 11.5 Å². The molecule has 0 saturated carbocycles. The van der Waals surface area contributed by atoms with Gasteiger partial charge in [-0.05, 0) is 19.9 Å². The molecule has 4 aliphatic rings. The maximum Gasteiger partial charge on any atom is 0.472 e. The van der Waals surface area contributed by atoms with Crippen molar-refractivity contribution in [1.82, 2.24) is 48.2 Å². The molecule has 0 bridgehead atoms. The van der Waals surface area contributed by atoms with Crippen molar-refractivity contribution in [2.75, 3.05) is 37.9 Å². The Morgan fingerprint density at radius 1 is 0.605 bits per heavy atom. The van der Waals surface area contributed by atoms with Gasteiger partial charge in [-0.15, -0.1) is 0 Å². The average Bonchev–Trinajstić information content (AvgIpc) is 4.45. The van der Waals surface area contributed by atoms with Crippen molar-refractivity contribution in [3.63, 3.8) is 0 Å². The number of H-pyrrole nitrogens is 2. The highest BCUT2D eigenvalue weighted by Crippen LogP contribution is 2.54. The number of phosphoric acid groups is 4. The van der Waals surface area contributed by atoms with Crippen LogP contribution in [0.4, 0.5) is 11.6 Å². The largest absolute Gasteiger partial charge is 0.472 e. The molecule has 0 amide bonds. The quantitative estimate of drug-likeness (QED) is 0.0338. The van der Waals surface area contributed by atoms with Gasteiger partial charge >= 0.3 is 48.4 Å². The number of aromatic amines is 2. The first kappa shape index (κ1) is 60.2. The van der Waals surface area contributed by atoms with Crippen LogP contribution in [0.3, 0.4) is 0 Å². The molecule has 4 aliphatic heterocycles. The van der Waals surface area contributed by atoms with Crippen LogP contribution in [-0.2, 0) is 68.9 Å². The highest BCUT2D eigenvalue weighted by molar-refractivity contribution is 7.48. The second-order valence-corrected chi connectivity index (χ2v) is 24.0. The standard InChI is InChI=1S/C39H52N12O26P4/c1-17-9-49(38(56)46-35(17)53)29-7-21(25(72-29)13-68-79(61,62)75-19-5-31(70-23(19)11-52)51-16-44-32-33(41)42-15-43-34(32)51)77-81(65,66)69-14-26-22(8-30(73-26)50-10-18(2)36(54)47-39(50)57)76-80(63,64)67-12-24-20(74-78(58,59)60)6-28(71-24)48-4-3-27(40)45-37(48)55/h3-4,9-10,15-16,19-26,28-31,52H,5-8,11-14H2,1-2H3,(H,61,62)(H,63,64)(H,65,66)(H2,40,45,55)(H2,41,42,43)(H,46,53,56)(H,47,54,57)(H2,58,59,60)/t19-,20-,21-,22-,23+,24+,25+,26+,28+,29+,30+,31+/m0/s1. The Labute approximate surface area is 451 Å². The number of hydrogen-bond donors (Lipinski definition) is 10. The van der Waals surface area contributed by atoms with Gasteiger partial charge in [-0.2, -0.15) is 4.98 Å². The van der Waals surface area contributed by atoms with Gasteiger partial charge in [-0.1, -0.05) is 0 Å². The molecule has 4 fully saturated rings. The third-order valence-electron chi connectivity index (χ3n) is 13.0. The molecule has 5 aromatic rings. The number of anilines is 2. The number of fused-ring (bicyclic) bond motifs is 1. The van der Waals surface area contributed by atoms with Gasteiger partial charge in [0.05, 0.1) is 32.8 Å². The average molecular weight is 1230 g/mol. The lowest BCUT2D eigenvalue weighted by atomic mass is 10.2. The summed E-state index contributed by atoms with van der Waals surface area (Å²) in [5.74, 6) is -0.0946. The van der Waals surface area contributed by atoms with Crippen molar-refractivity contribution in [2.45, 2.75) is 113 Å². The van der Waals surface area contributed by atoms with E-state index in [2.05, 4.69) is 29.9 Å². The van der Waals surface area contributed by atoms with E-state index in [9.17, 15) is 71.8 Å². The van der Waals surface area contributed by atoms with Gasteiger partial charge in [-0.3, -0.25) is 69.5 Å². The van der Waals surface area contributed by atoms with Crippen LogP contribution in [0, 0.1) is 13.8 Å². The number of rotatable bonds is 22. The summed E-state index contributed by atoms with van der Waals surface area (Å²) in [6.07, 6.45) is -13.2. The maximum absolute atomic E-state index is 13.9. The molecule has 5 aromatic heterocycles. The molecule has 444 valence electrons. The summed E-state index contributed by atoms with van der Waals surface area (Å²) in [6, 6.07) is 1.23. The Hall–Kier alpha value is -5.37. The van der Waals surface area contributed by atoms with Gasteiger partial charge in [0.2, 0.25) is 0 Å². The van der Waals surface area contributed by atoms with Crippen LogP contribution < -0.4 is 39.7 Å². The number of phosphoric ester groups is 4. The molecule has 9 rings (SSSR count). The molecule has 0 spiro atoms. The van der Waals surface area contributed by atoms with Crippen LogP contribution in [0.2, 0.25) is 0 Å². The van der Waals surface area contributed by atoms with E-state index in [1.165, 1.54) is 43.3 Å². The minimum absolute atomic E-state index is 0.00922. The molecule has 4 saturated heterocycles. The molecule has 0 aromatic carbocycles. The zero-order valence-electron chi connectivity index (χ0n) is 41.9. The molecule has 81 heavy (non-hydrogen) atoms. The number of aromatic nitrogens is 10. The zero-order valence-corrected chi connectivity index (χ0v) is 45.5. The number of ether oxygens (including phenoxy) is 4. The van der Waals surface area contributed by atoms with Crippen molar-refractivity contribution >= 4 is 54.1 Å². The Morgan fingerprint density at radius 3 is 1.47 bits per heavy atom. The molecule has 9 heterocycles. The van der Waals surface area contributed by atoms with E-state index in [0.29, 0.717) is 0 Å². The summed E-state index contributed by atoms with van der Waals surface area (Å²) < 4.78 is 118. The molecular formula is C39H52N12O26P4. The Bertz CT molecular complexity index is 3660. The first-order valence-corrected chi connectivity index (χ1v) is 29.9. The third-order valence-corrected chi connectivity index (χ3v) is 16.5. The fraction of sp³-hybridized carbons (Fsp3) is 0.564. The topological polar surface area (TPSA) is 531 Å². The lowest BCUT2D eigenvalue weighted by molar-refractivity contribution is -0.0636. The molecule has 0 radical (unpaired) electrons. The normalized spacial score (nSPS) is 29.2. The number of nitrogens with one attached hydrogen (secondary N) is 2. The van der Waals surface area contributed by atoms with Gasteiger partial charge in [0, 0.05) is 55.4 Å². The van der Waals surface area contributed by atoms with Crippen LogP contribution in [0.15, 0.2) is 61.3 Å². The fourth-order valence-corrected chi connectivity index (χ4v) is 12.6. The smallest absolute Gasteiger partial charge is 0.394 e. The van der Waals surface area contributed by atoms with Crippen LogP contribution in [0.25, 0.3) is 11.2 Å². The van der Waals surface area contributed by atoms with Gasteiger partial charge in [0.25, 0.3) is 11.1 Å². The molecule has 15 atom stereocenters. The van der Waals surface area contributed by atoms with Crippen molar-refractivity contribution in [3.8, 4) is 0 Å². The molecule has 12 N–H and O–H groups in total. The lowest BCUT2D eigenvalue weighted by Crippen LogP contribution is -2.33. The number of aliphatic hydroxyl groups is 1. The van der Waals surface area contributed by atoms with Crippen molar-refractivity contribution < 1.29 is 98.4 Å². The number of nitrogens with zero attached hydrogens (tertiary/aromatic N) is 8. The third kappa shape index (κ3) is 14.2. The monoisotopic (exact) mass is 1230 g/mol. The van der Waals surface area contributed by atoms with Crippen molar-refractivity contribution in [1.29, 1.82) is 0 Å². The van der Waals surface area contributed by atoms with Gasteiger partial charge < -0.3 is 60.0 Å². The van der Waals surface area contributed by atoms with E-state index >= 15 is 0 Å².